The average Bonchev–Trinajstić information content (AvgIpc) is 3.12. The van der Waals surface area contributed by atoms with Crippen LogP contribution in [0.15, 0.2) is 29.2 Å². The van der Waals surface area contributed by atoms with E-state index in [0.717, 1.165) is 43.5 Å². The molecule has 2 N–H and O–H groups in total. The predicted octanol–water partition coefficient (Wildman–Crippen LogP) is 2.22. The molecular formula is C18H24FN5O2S. The van der Waals surface area contributed by atoms with Crippen LogP contribution in [-0.2, 0) is 10.0 Å². The SMILES string of the molecule is Cc1cc(N2CCCC2)nc(NCCNS(=O)(=O)c2ccc(F)cc2C)n1. The quantitative estimate of drug-likeness (QED) is 0.702. The zero-order chi connectivity index (χ0) is 19.4. The highest BCUT2D eigenvalue weighted by Crippen LogP contribution is 2.20. The van der Waals surface area contributed by atoms with Crippen molar-refractivity contribution in [3.63, 3.8) is 0 Å². The Morgan fingerprint density at radius 1 is 1.11 bits per heavy atom. The van der Waals surface area contributed by atoms with Gasteiger partial charge in [-0.15, -0.1) is 0 Å². The maximum Gasteiger partial charge on any atom is 0.240 e. The van der Waals surface area contributed by atoms with E-state index in [1.807, 2.05) is 13.0 Å². The number of nitrogens with one attached hydrogen (secondary N) is 2. The van der Waals surface area contributed by atoms with Crippen molar-refractivity contribution >= 4 is 21.8 Å². The molecule has 1 aromatic carbocycles. The van der Waals surface area contributed by atoms with Crippen LogP contribution in [0.1, 0.15) is 24.1 Å². The predicted molar refractivity (Wildman–Crippen MR) is 103 cm³/mol. The maximum atomic E-state index is 13.2. The molecule has 146 valence electrons. The van der Waals surface area contributed by atoms with Crippen LogP contribution in [0.5, 0.6) is 0 Å². The Kier molecular flexibility index (Phi) is 5.91. The lowest BCUT2D eigenvalue weighted by Crippen LogP contribution is -2.30. The lowest BCUT2D eigenvalue weighted by molar-refractivity contribution is 0.581. The van der Waals surface area contributed by atoms with Crippen LogP contribution in [0.3, 0.4) is 0 Å². The molecule has 0 radical (unpaired) electrons. The van der Waals surface area contributed by atoms with E-state index in [1.54, 1.807) is 6.92 Å². The molecule has 27 heavy (non-hydrogen) atoms. The summed E-state index contributed by atoms with van der Waals surface area (Å²) < 4.78 is 40.4. The first-order chi connectivity index (χ1) is 12.8. The number of aryl methyl sites for hydroxylation is 2. The molecule has 1 saturated heterocycles. The van der Waals surface area contributed by atoms with Crippen molar-refractivity contribution in [2.75, 3.05) is 36.4 Å². The number of rotatable bonds is 7. The zero-order valence-electron chi connectivity index (χ0n) is 15.5. The smallest absolute Gasteiger partial charge is 0.240 e. The van der Waals surface area contributed by atoms with E-state index in [9.17, 15) is 12.8 Å². The van der Waals surface area contributed by atoms with Gasteiger partial charge in [0.05, 0.1) is 4.90 Å². The Hall–Kier alpha value is -2.26. The number of halogens is 1. The summed E-state index contributed by atoms with van der Waals surface area (Å²) in [5, 5.41) is 3.06. The van der Waals surface area contributed by atoms with Crippen LogP contribution < -0.4 is 14.9 Å². The summed E-state index contributed by atoms with van der Waals surface area (Å²) in [6, 6.07) is 5.57. The van der Waals surface area contributed by atoms with Crippen molar-refractivity contribution in [2.45, 2.75) is 31.6 Å². The van der Waals surface area contributed by atoms with Gasteiger partial charge in [0.25, 0.3) is 0 Å². The van der Waals surface area contributed by atoms with Gasteiger partial charge in [-0.2, -0.15) is 4.98 Å². The van der Waals surface area contributed by atoms with Gasteiger partial charge < -0.3 is 10.2 Å². The Morgan fingerprint density at radius 3 is 2.56 bits per heavy atom. The number of nitrogens with zero attached hydrogens (tertiary/aromatic N) is 3. The molecule has 0 amide bonds. The molecule has 0 bridgehead atoms. The van der Waals surface area contributed by atoms with Crippen molar-refractivity contribution < 1.29 is 12.8 Å². The van der Waals surface area contributed by atoms with E-state index in [0.29, 0.717) is 18.1 Å². The molecule has 1 aromatic heterocycles. The van der Waals surface area contributed by atoms with Crippen LogP contribution >= 0.6 is 0 Å². The van der Waals surface area contributed by atoms with Crippen LogP contribution in [0.2, 0.25) is 0 Å². The van der Waals surface area contributed by atoms with E-state index >= 15 is 0 Å². The summed E-state index contributed by atoms with van der Waals surface area (Å²) in [5.74, 6) is 0.914. The van der Waals surface area contributed by atoms with Gasteiger partial charge in [0.1, 0.15) is 11.6 Å². The fraction of sp³-hybridized carbons (Fsp3) is 0.444. The van der Waals surface area contributed by atoms with E-state index in [1.165, 1.54) is 12.1 Å². The molecule has 1 aliphatic rings. The summed E-state index contributed by atoms with van der Waals surface area (Å²) in [7, 11) is -3.70. The Balaban J connectivity index is 1.58. The van der Waals surface area contributed by atoms with E-state index in [4.69, 9.17) is 0 Å². The van der Waals surface area contributed by atoms with Gasteiger partial charge in [0.15, 0.2) is 0 Å². The number of benzene rings is 1. The topological polar surface area (TPSA) is 87.2 Å². The number of sulfonamides is 1. The number of anilines is 2. The van der Waals surface area contributed by atoms with Gasteiger partial charge in [-0.05, 0) is 50.5 Å². The monoisotopic (exact) mass is 393 g/mol. The third kappa shape index (κ3) is 4.92. The number of aromatic nitrogens is 2. The van der Waals surface area contributed by atoms with Crippen LogP contribution in [0.25, 0.3) is 0 Å². The normalized spacial score (nSPS) is 14.6. The second-order valence-corrected chi connectivity index (χ2v) is 8.36. The molecule has 0 aliphatic carbocycles. The average molecular weight is 393 g/mol. The van der Waals surface area contributed by atoms with E-state index < -0.39 is 15.8 Å². The molecule has 0 atom stereocenters. The summed E-state index contributed by atoms with van der Waals surface area (Å²) in [5.41, 5.74) is 1.23. The molecule has 0 unspecified atom stereocenters. The third-order valence-corrected chi connectivity index (χ3v) is 6.02. The van der Waals surface area contributed by atoms with Gasteiger partial charge >= 0.3 is 0 Å². The van der Waals surface area contributed by atoms with Gasteiger partial charge in [-0.1, -0.05) is 0 Å². The summed E-state index contributed by atoms with van der Waals surface area (Å²) >= 11 is 0. The second-order valence-electron chi connectivity index (χ2n) is 6.62. The van der Waals surface area contributed by atoms with Crippen LogP contribution in [0, 0.1) is 19.7 Å². The highest BCUT2D eigenvalue weighted by Gasteiger charge is 2.17. The van der Waals surface area contributed by atoms with Gasteiger partial charge in [0.2, 0.25) is 16.0 Å². The van der Waals surface area contributed by atoms with Crippen molar-refractivity contribution in [2.24, 2.45) is 0 Å². The molecule has 0 spiro atoms. The molecule has 1 fully saturated rings. The second kappa shape index (κ2) is 8.18. The lowest BCUT2D eigenvalue weighted by Gasteiger charge is -2.17. The molecular weight excluding hydrogens is 369 g/mol. The molecule has 9 heteroatoms. The number of hydrogen-bond acceptors (Lipinski definition) is 6. The van der Waals surface area contributed by atoms with Crippen LogP contribution in [0.4, 0.5) is 16.2 Å². The van der Waals surface area contributed by atoms with Gasteiger partial charge in [-0.25, -0.2) is 22.5 Å². The van der Waals surface area contributed by atoms with Crippen molar-refractivity contribution in [3.8, 4) is 0 Å². The van der Waals surface area contributed by atoms with E-state index in [2.05, 4.69) is 24.9 Å². The first kappa shape index (κ1) is 19.5. The summed E-state index contributed by atoms with van der Waals surface area (Å²) in [4.78, 5) is 11.2. The maximum absolute atomic E-state index is 13.2. The Labute approximate surface area is 159 Å². The molecule has 2 heterocycles. The lowest BCUT2D eigenvalue weighted by atomic mass is 10.2. The molecule has 3 rings (SSSR count). The fourth-order valence-corrected chi connectivity index (χ4v) is 4.35. The highest BCUT2D eigenvalue weighted by atomic mass is 32.2. The first-order valence-electron chi connectivity index (χ1n) is 8.95. The first-order valence-corrected chi connectivity index (χ1v) is 10.4. The minimum absolute atomic E-state index is 0.0759. The fourth-order valence-electron chi connectivity index (χ4n) is 3.09. The Morgan fingerprint density at radius 2 is 1.85 bits per heavy atom. The molecule has 7 nitrogen and oxygen atoms in total. The highest BCUT2D eigenvalue weighted by molar-refractivity contribution is 7.89. The molecule has 2 aromatic rings. The van der Waals surface area contributed by atoms with Crippen molar-refractivity contribution in [1.29, 1.82) is 0 Å². The molecule has 1 aliphatic heterocycles. The van der Waals surface area contributed by atoms with Crippen LogP contribution in [-0.4, -0.2) is 44.6 Å². The minimum Gasteiger partial charge on any atom is -0.356 e. The van der Waals surface area contributed by atoms with E-state index in [-0.39, 0.29) is 11.4 Å². The number of hydrogen-bond donors (Lipinski definition) is 2. The third-order valence-electron chi connectivity index (χ3n) is 4.40. The van der Waals surface area contributed by atoms with Gasteiger partial charge in [-0.3, -0.25) is 0 Å². The summed E-state index contributed by atoms with van der Waals surface area (Å²) in [6.45, 7) is 5.96. The van der Waals surface area contributed by atoms with Crippen molar-refractivity contribution in [3.05, 3.63) is 41.3 Å². The largest absolute Gasteiger partial charge is 0.356 e. The minimum atomic E-state index is -3.70. The van der Waals surface area contributed by atoms with Gasteiger partial charge in [0, 0.05) is 37.9 Å². The summed E-state index contributed by atoms with van der Waals surface area (Å²) in [6.07, 6.45) is 2.33. The Bertz CT molecular complexity index is 914. The standard InChI is InChI=1S/C18H24FN5O2S/c1-13-11-15(19)5-6-16(13)27(25,26)21-8-7-20-18-22-14(2)12-17(23-18)24-9-3-4-10-24/h5-6,11-12,21H,3-4,7-10H2,1-2H3,(H,20,22,23). The van der Waals surface area contributed by atoms with Crippen molar-refractivity contribution in [1.82, 2.24) is 14.7 Å². The zero-order valence-corrected chi connectivity index (χ0v) is 16.3. The molecule has 0 saturated carbocycles.